The molecule has 0 aromatic heterocycles. The van der Waals surface area contributed by atoms with Crippen LogP contribution in [0.15, 0.2) is 0 Å². The molecule has 0 amide bonds. The van der Waals surface area contributed by atoms with E-state index >= 15 is 0 Å². The van der Waals surface area contributed by atoms with Crippen molar-refractivity contribution < 1.29 is 26.1 Å². The second kappa shape index (κ2) is 6.94. The summed E-state index contributed by atoms with van der Waals surface area (Å²) in [5.74, 6) is 0. The standard InChI is InChI=1S/C6H13.Hg/c1-3-5-6-4-2;/h1,3-6H2,2H3;/q;+1. The van der Waals surface area contributed by atoms with Gasteiger partial charge in [0, 0.05) is 0 Å². The summed E-state index contributed by atoms with van der Waals surface area (Å²) in [6.45, 7) is 2.26. The first-order chi connectivity index (χ1) is 3.41. The van der Waals surface area contributed by atoms with Crippen molar-refractivity contribution in [2.75, 3.05) is 0 Å². The Morgan fingerprint density at radius 3 is 2.29 bits per heavy atom. The zero-order valence-electron chi connectivity index (χ0n) is 5.24. The zero-order valence-corrected chi connectivity index (χ0v) is 10.7. The van der Waals surface area contributed by atoms with Gasteiger partial charge in [0.05, 0.1) is 0 Å². The Balaban J connectivity index is 2.45. The summed E-state index contributed by atoms with van der Waals surface area (Å²) in [5.41, 5.74) is 0. The van der Waals surface area contributed by atoms with Crippen LogP contribution in [0.1, 0.15) is 32.6 Å². The van der Waals surface area contributed by atoms with E-state index in [-0.39, 0.29) is 0 Å². The molecule has 0 N–H and O–H groups in total. The van der Waals surface area contributed by atoms with Gasteiger partial charge >= 0.3 is 62.7 Å². The average molecular weight is 286 g/mol. The maximum absolute atomic E-state index is 2.26. The Kier molecular flexibility index (Phi) is 7.86. The number of hydrogen-bond donors (Lipinski definition) is 0. The van der Waals surface area contributed by atoms with Gasteiger partial charge in [-0.25, -0.2) is 0 Å². The van der Waals surface area contributed by atoms with E-state index in [0.717, 1.165) is 26.1 Å². The molecule has 0 aliphatic rings. The molecule has 0 aromatic carbocycles. The Morgan fingerprint density at radius 2 is 1.86 bits per heavy atom. The molecule has 0 aliphatic heterocycles. The van der Waals surface area contributed by atoms with Crippen LogP contribution >= 0.6 is 0 Å². The van der Waals surface area contributed by atoms with Crippen molar-refractivity contribution in [1.29, 1.82) is 0 Å². The van der Waals surface area contributed by atoms with Crippen LogP contribution in [-0.4, -0.2) is 0 Å². The van der Waals surface area contributed by atoms with Crippen molar-refractivity contribution in [3.05, 3.63) is 0 Å². The fourth-order valence-electron chi connectivity index (χ4n) is 0.604. The Labute approximate surface area is 62.7 Å². The summed E-state index contributed by atoms with van der Waals surface area (Å²) >= 11 is 1.07. The molecule has 0 spiro atoms. The molecular weight excluding hydrogens is 273 g/mol. The van der Waals surface area contributed by atoms with Gasteiger partial charge in [-0.15, -0.1) is 0 Å². The van der Waals surface area contributed by atoms with Crippen molar-refractivity contribution in [2.45, 2.75) is 36.5 Å². The molecule has 0 heterocycles. The van der Waals surface area contributed by atoms with Gasteiger partial charge in [0.1, 0.15) is 0 Å². The van der Waals surface area contributed by atoms with E-state index in [1.54, 1.807) is 3.93 Å². The SMILES string of the molecule is CCCCC[CH2][Hg+]. The Hall–Kier alpha value is 0.935. The van der Waals surface area contributed by atoms with Crippen LogP contribution in [0.4, 0.5) is 0 Å². The van der Waals surface area contributed by atoms with E-state index < -0.39 is 0 Å². The number of rotatable bonds is 4. The molecule has 38 valence electrons. The number of hydrogen-bond acceptors (Lipinski definition) is 0. The van der Waals surface area contributed by atoms with Gasteiger partial charge in [-0.3, -0.25) is 0 Å². The zero-order chi connectivity index (χ0) is 5.54. The Morgan fingerprint density at radius 1 is 1.14 bits per heavy atom. The summed E-state index contributed by atoms with van der Waals surface area (Å²) in [6.07, 6.45) is 5.84. The van der Waals surface area contributed by atoms with Crippen molar-refractivity contribution in [1.82, 2.24) is 0 Å². The van der Waals surface area contributed by atoms with Crippen LogP contribution in [0.25, 0.3) is 0 Å². The molecule has 0 nitrogen and oxygen atoms in total. The molecule has 1 heteroatoms. The third-order valence-corrected chi connectivity index (χ3v) is 3.05. The summed E-state index contributed by atoms with van der Waals surface area (Å²) in [4.78, 5) is 0. The minimum absolute atomic E-state index is 1.07. The summed E-state index contributed by atoms with van der Waals surface area (Å²) in [5, 5.41) is 0. The summed E-state index contributed by atoms with van der Waals surface area (Å²) in [7, 11) is 0. The second-order valence-electron chi connectivity index (χ2n) is 1.91. The van der Waals surface area contributed by atoms with Crippen LogP contribution in [-0.2, 0) is 26.1 Å². The van der Waals surface area contributed by atoms with Gasteiger partial charge in [-0.05, 0) is 0 Å². The topological polar surface area (TPSA) is 0 Å². The quantitative estimate of drug-likeness (QED) is 0.550. The molecule has 0 unspecified atom stereocenters. The van der Waals surface area contributed by atoms with E-state index in [1.165, 1.54) is 25.7 Å². The molecule has 0 aromatic rings. The average Bonchev–Trinajstić information content (AvgIpc) is 1.69. The van der Waals surface area contributed by atoms with Crippen LogP contribution < -0.4 is 0 Å². The molecule has 0 fully saturated rings. The van der Waals surface area contributed by atoms with Crippen molar-refractivity contribution in [3.8, 4) is 0 Å². The molecule has 0 aliphatic carbocycles. The van der Waals surface area contributed by atoms with E-state index in [4.69, 9.17) is 0 Å². The van der Waals surface area contributed by atoms with E-state index in [2.05, 4.69) is 6.92 Å². The van der Waals surface area contributed by atoms with Crippen molar-refractivity contribution >= 4 is 0 Å². The van der Waals surface area contributed by atoms with E-state index in [1.807, 2.05) is 0 Å². The predicted molar refractivity (Wildman–Crippen MR) is 28.9 cm³/mol. The van der Waals surface area contributed by atoms with Gasteiger partial charge in [-0.1, -0.05) is 0 Å². The van der Waals surface area contributed by atoms with Crippen LogP contribution in [0.5, 0.6) is 0 Å². The monoisotopic (exact) mass is 287 g/mol. The van der Waals surface area contributed by atoms with Crippen LogP contribution in [0.2, 0.25) is 3.93 Å². The van der Waals surface area contributed by atoms with Gasteiger partial charge in [0.2, 0.25) is 0 Å². The summed E-state index contributed by atoms with van der Waals surface area (Å²) < 4.78 is 1.56. The summed E-state index contributed by atoms with van der Waals surface area (Å²) in [6, 6.07) is 0. The molecule has 0 saturated carbocycles. The first kappa shape index (κ1) is 7.94. The van der Waals surface area contributed by atoms with Crippen LogP contribution in [0, 0.1) is 0 Å². The fraction of sp³-hybridized carbons (Fsp3) is 1.00. The molecule has 7 heavy (non-hydrogen) atoms. The van der Waals surface area contributed by atoms with Gasteiger partial charge in [0.15, 0.2) is 0 Å². The van der Waals surface area contributed by atoms with Gasteiger partial charge < -0.3 is 0 Å². The van der Waals surface area contributed by atoms with Crippen molar-refractivity contribution in [3.63, 3.8) is 0 Å². The first-order valence-corrected chi connectivity index (χ1v) is 7.09. The molecular formula is C6H13Hg+. The fourth-order valence-corrected chi connectivity index (χ4v) is 1.98. The van der Waals surface area contributed by atoms with E-state index in [0.29, 0.717) is 0 Å². The Bertz CT molecular complexity index is 23.4. The molecule has 0 rings (SSSR count). The number of unbranched alkanes of at least 4 members (excludes halogenated alkanes) is 3. The van der Waals surface area contributed by atoms with Crippen molar-refractivity contribution in [2.24, 2.45) is 0 Å². The normalized spacial score (nSPS) is 9.57. The van der Waals surface area contributed by atoms with E-state index in [9.17, 15) is 0 Å². The predicted octanol–water partition coefficient (Wildman–Crippen LogP) is 2.53. The molecule has 0 radical (unpaired) electrons. The molecule has 0 bridgehead atoms. The molecule has 0 atom stereocenters. The molecule has 0 saturated heterocycles. The van der Waals surface area contributed by atoms with Crippen LogP contribution in [0.3, 0.4) is 0 Å². The third kappa shape index (κ3) is 6.94. The van der Waals surface area contributed by atoms with Gasteiger partial charge in [-0.2, -0.15) is 0 Å². The third-order valence-electron chi connectivity index (χ3n) is 1.10. The maximum atomic E-state index is 2.26. The second-order valence-corrected chi connectivity index (χ2v) is 4.66. The first-order valence-electron chi connectivity index (χ1n) is 3.21. The van der Waals surface area contributed by atoms with Gasteiger partial charge in [0.25, 0.3) is 0 Å². The minimum atomic E-state index is 1.07.